The Labute approximate surface area is 122 Å². The molecule has 2 rings (SSSR count). The lowest BCUT2D eigenvalue weighted by Crippen LogP contribution is -2.13. The highest BCUT2D eigenvalue weighted by atomic mass is 35.5. The number of nitrogens with one attached hydrogen (secondary N) is 1. The summed E-state index contributed by atoms with van der Waals surface area (Å²) < 4.78 is 42.8. The van der Waals surface area contributed by atoms with Crippen LogP contribution in [0, 0.1) is 0 Å². The van der Waals surface area contributed by atoms with Crippen LogP contribution in [-0.2, 0) is 6.18 Å². The summed E-state index contributed by atoms with van der Waals surface area (Å²) in [5.41, 5.74) is 5.79. The van der Waals surface area contributed by atoms with E-state index < -0.39 is 12.0 Å². The molecule has 0 aliphatic carbocycles. The minimum absolute atomic E-state index is 0.0870. The number of benzene rings is 1. The summed E-state index contributed by atoms with van der Waals surface area (Å²) >= 11 is 5.93. The van der Waals surface area contributed by atoms with Gasteiger partial charge in [0.25, 0.3) is 0 Å². The van der Waals surface area contributed by atoms with Gasteiger partial charge in [0.15, 0.2) is 0 Å². The molecule has 0 saturated heterocycles. The second-order valence-corrected chi connectivity index (χ2v) is 4.38. The van der Waals surface area contributed by atoms with E-state index in [-0.39, 0.29) is 11.6 Å². The first-order valence-corrected chi connectivity index (χ1v) is 5.99. The number of rotatable bonds is 3. The van der Waals surface area contributed by atoms with Crippen LogP contribution in [0.3, 0.4) is 0 Å². The topological polar surface area (TPSA) is 73.1 Å². The van der Waals surface area contributed by atoms with E-state index in [0.717, 1.165) is 0 Å². The van der Waals surface area contributed by atoms with Crippen LogP contribution in [0.25, 0.3) is 0 Å². The van der Waals surface area contributed by atoms with Crippen molar-refractivity contribution in [1.29, 1.82) is 0 Å². The van der Waals surface area contributed by atoms with Gasteiger partial charge in [-0.05, 0) is 18.2 Å². The molecule has 0 fully saturated rings. The van der Waals surface area contributed by atoms with E-state index in [2.05, 4.69) is 15.3 Å². The van der Waals surface area contributed by atoms with Crippen LogP contribution in [0.1, 0.15) is 5.82 Å². The second-order valence-electron chi connectivity index (χ2n) is 3.97. The molecule has 2 aromatic rings. The maximum Gasteiger partial charge on any atom is 0.451 e. The number of halogens is 4. The van der Waals surface area contributed by atoms with Crippen LogP contribution in [0.15, 0.2) is 24.3 Å². The van der Waals surface area contributed by atoms with Gasteiger partial charge in [-0.2, -0.15) is 13.2 Å². The number of nitrogens with zero attached hydrogens (tertiary/aromatic N) is 2. The molecule has 0 saturated carbocycles. The van der Waals surface area contributed by atoms with E-state index in [1.54, 1.807) is 12.1 Å². The standard InChI is InChI=1S/C12H10ClF3N4O/c1-21-8-3-2-6(4-7(8)13)18-10-5-9(17)19-11(20-10)12(14,15)16/h2-5H,1H3,(H3,17,18,19,20). The first-order chi connectivity index (χ1) is 9.79. The average Bonchev–Trinajstić information content (AvgIpc) is 2.37. The Morgan fingerprint density at radius 1 is 1.24 bits per heavy atom. The van der Waals surface area contributed by atoms with Crippen molar-refractivity contribution >= 4 is 28.9 Å². The zero-order valence-corrected chi connectivity index (χ0v) is 11.5. The molecule has 0 aliphatic rings. The van der Waals surface area contributed by atoms with Crippen LogP contribution in [0.4, 0.5) is 30.5 Å². The lowest BCUT2D eigenvalue weighted by molar-refractivity contribution is -0.144. The molecular formula is C12H10ClF3N4O. The lowest BCUT2D eigenvalue weighted by Gasteiger charge is -2.11. The van der Waals surface area contributed by atoms with Crippen LogP contribution >= 0.6 is 11.6 Å². The number of ether oxygens (including phenoxy) is 1. The number of methoxy groups -OCH3 is 1. The first-order valence-electron chi connectivity index (χ1n) is 5.62. The highest BCUT2D eigenvalue weighted by Crippen LogP contribution is 2.30. The van der Waals surface area contributed by atoms with Crippen molar-refractivity contribution < 1.29 is 17.9 Å². The van der Waals surface area contributed by atoms with Gasteiger partial charge in [0.05, 0.1) is 12.1 Å². The van der Waals surface area contributed by atoms with Gasteiger partial charge in [-0.1, -0.05) is 11.6 Å². The Balaban J connectivity index is 2.31. The molecule has 0 bridgehead atoms. The van der Waals surface area contributed by atoms with E-state index >= 15 is 0 Å². The SMILES string of the molecule is COc1ccc(Nc2cc(N)nc(C(F)(F)F)n2)cc1Cl. The summed E-state index contributed by atoms with van der Waals surface area (Å²) in [5.74, 6) is -1.25. The summed E-state index contributed by atoms with van der Waals surface area (Å²) in [6.45, 7) is 0. The predicted molar refractivity (Wildman–Crippen MR) is 72.7 cm³/mol. The van der Waals surface area contributed by atoms with Crippen LogP contribution in [0.5, 0.6) is 5.75 Å². The molecule has 9 heteroatoms. The maximum absolute atomic E-state index is 12.6. The van der Waals surface area contributed by atoms with Gasteiger partial charge >= 0.3 is 6.18 Å². The molecule has 0 unspecified atom stereocenters. The normalized spacial score (nSPS) is 11.3. The molecule has 0 atom stereocenters. The van der Waals surface area contributed by atoms with Crippen molar-refractivity contribution in [1.82, 2.24) is 9.97 Å². The smallest absolute Gasteiger partial charge is 0.451 e. The van der Waals surface area contributed by atoms with Gasteiger partial charge in [-0.3, -0.25) is 0 Å². The van der Waals surface area contributed by atoms with E-state index in [1.165, 1.54) is 19.2 Å². The molecule has 0 radical (unpaired) electrons. The Kier molecular flexibility index (Phi) is 4.08. The Morgan fingerprint density at radius 2 is 1.95 bits per heavy atom. The maximum atomic E-state index is 12.6. The number of nitrogen functional groups attached to an aromatic ring is 1. The summed E-state index contributed by atoms with van der Waals surface area (Å²) in [7, 11) is 1.45. The Bertz CT molecular complexity index is 663. The molecule has 5 nitrogen and oxygen atoms in total. The Hall–Kier alpha value is -2.22. The molecule has 1 heterocycles. The first kappa shape index (κ1) is 15.2. The van der Waals surface area contributed by atoms with Gasteiger partial charge in [0.2, 0.25) is 5.82 Å². The summed E-state index contributed by atoms with van der Waals surface area (Å²) in [6, 6.07) is 5.83. The number of hydrogen-bond donors (Lipinski definition) is 2. The van der Waals surface area contributed by atoms with Crippen molar-refractivity contribution in [2.45, 2.75) is 6.18 Å². The number of hydrogen-bond acceptors (Lipinski definition) is 5. The fourth-order valence-electron chi connectivity index (χ4n) is 1.55. The minimum Gasteiger partial charge on any atom is -0.495 e. The second kappa shape index (κ2) is 5.65. The average molecular weight is 319 g/mol. The fourth-order valence-corrected chi connectivity index (χ4v) is 1.81. The predicted octanol–water partition coefficient (Wildman–Crippen LogP) is 3.48. The molecule has 21 heavy (non-hydrogen) atoms. The van der Waals surface area contributed by atoms with Crippen molar-refractivity contribution in [2.75, 3.05) is 18.2 Å². The quantitative estimate of drug-likeness (QED) is 0.906. The van der Waals surface area contributed by atoms with Gasteiger partial charge in [0, 0.05) is 11.8 Å². The molecule has 0 amide bonds. The van der Waals surface area contributed by atoms with E-state index in [1.807, 2.05) is 0 Å². The number of nitrogens with two attached hydrogens (primary N) is 1. The largest absolute Gasteiger partial charge is 0.495 e. The molecule has 0 spiro atoms. The van der Waals surface area contributed by atoms with E-state index in [0.29, 0.717) is 16.5 Å². The van der Waals surface area contributed by atoms with Crippen molar-refractivity contribution in [3.63, 3.8) is 0 Å². The van der Waals surface area contributed by atoms with Gasteiger partial charge in [0.1, 0.15) is 17.4 Å². The van der Waals surface area contributed by atoms with Crippen LogP contribution in [-0.4, -0.2) is 17.1 Å². The third-order valence-electron chi connectivity index (χ3n) is 2.42. The monoisotopic (exact) mass is 318 g/mol. The lowest BCUT2D eigenvalue weighted by atomic mass is 10.3. The Morgan fingerprint density at radius 3 is 2.52 bits per heavy atom. The van der Waals surface area contributed by atoms with E-state index in [4.69, 9.17) is 22.1 Å². The zero-order valence-electron chi connectivity index (χ0n) is 10.7. The number of alkyl halides is 3. The zero-order chi connectivity index (χ0) is 15.6. The highest BCUT2D eigenvalue weighted by molar-refractivity contribution is 6.32. The molecule has 112 valence electrons. The van der Waals surface area contributed by atoms with Gasteiger partial charge < -0.3 is 15.8 Å². The van der Waals surface area contributed by atoms with Crippen LogP contribution in [0.2, 0.25) is 5.02 Å². The summed E-state index contributed by atoms with van der Waals surface area (Å²) in [5, 5.41) is 2.98. The summed E-state index contributed by atoms with van der Waals surface area (Å²) in [4.78, 5) is 6.52. The molecule has 1 aromatic heterocycles. The van der Waals surface area contributed by atoms with Crippen molar-refractivity contribution in [2.24, 2.45) is 0 Å². The summed E-state index contributed by atoms with van der Waals surface area (Å²) in [6.07, 6.45) is -4.68. The van der Waals surface area contributed by atoms with Crippen LogP contribution < -0.4 is 15.8 Å². The number of aromatic nitrogens is 2. The fraction of sp³-hybridized carbons (Fsp3) is 0.167. The molecular weight excluding hydrogens is 309 g/mol. The van der Waals surface area contributed by atoms with Crippen molar-refractivity contribution in [3.8, 4) is 5.75 Å². The molecule has 0 aliphatic heterocycles. The third-order valence-corrected chi connectivity index (χ3v) is 2.72. The number of anilines is 3. The van der Waals surface area contributed by atoms with Gasteiger partial charge in [-0.15, -0.1) is 0 Å². The molecule has 1 aromatic carbocycles. The third kappa shape index (κ3) is 3.66. The molecule has 3 N–H and O–H groups in total. The van der Waals surface area contributed by atoms with Crippen molar-refractivity contribution in [3.05, 3.63) is 35.1 Å². The van der Waals surface area contributed by atoms with E-state index in [9.17, 15) is 13.2 Å². The van der Waals surface area contributed by atoms with Gasteiger partial charge in [-0.25, -0.2) is 9.97 Å². The highest BCUT2D eigenvalue weighted by Gasteiger charge is 2.35. The minimum atomic E-state index is -4.68.